The van der Waals surface area contributed by atoms with Crippen molar-refractivity contribution in [3.05, 3.63) is 0 Å². The van der Waals surface area contributed by atoms with Crippen LogP contribution in [-0.4, -0.2) is 66.2 Å². The number of nitrogens with zero attached hydrogens (tertiary/aromatic N) is 2. The summed E-state index contributed by atoms with van der Waals surface area (Å²) in [4.78, 5) is 38.1. The van der Waals surface area contributed by atoms with E-state index in [0.29, 0.717) is 26.1 Å². The minimum atomic E-state index is -0.924. The van der Waals surface area contributed by atoms with Crippen molar-refractivity contribution < 1.29 is 24.2 Å². The molecular formula is C14H24N2O5. The van der Waals surface area contributed by atoms with Gasteiger partial charge in [0.1, 0.15) is 0 Å². The predicted octanol–water partition coefficient (Wildman–Crippen LogP) is 1.03. The molecule has 1 aliphatic heterocycles. The molecule has 7 heteroatoms. The first-order valence-electron chi connectivity index (χ1n) is 7.25. The van der Waals surface area contributed by atoms with Crippen molar-refractivity contribution in [2.45, 2.75) is 26.7 Å². The van der Waals surface area contributed by atoms with Gasteiger partial charge in [-0.05, 0) is 19.8 Å². The Morgan fingerprint density at radius 1 is 1.43 bits per heavy atom. The van der Waals surface area contributed by atoms with E-state index in [1.807, 2.05) is 6.92 Å². The summed E-state index contributed by atoms with van der Waals surface area (Å²) >= 11 is 0. The lowest BCUT2D eigenvalue weighted by Gasteiger charge is -2.35. The number of carbonyl (C=O) groups excluding carboxylic acids is 2. The largest absolute Gasteiger partial charge is 0.481 e. The highest BCUT2D eigenvalue weighted by Gasteiger charge is 2.31. The molecule has 1 fully saturated rings. The average Bonchev–Trinajstić information content (AvgIpc) is 2.50. The highest BCUT2D eigenvalue weighted by molar-refractivity contribution is 5.78. The van der Waals surface area contributed by atoms with Crippen LogP contribution >= 0.6 is 0 Å². The number of esters is 1. The number of carboxylic acids is 1. The molecule has 0 aromatic heterocycles. The van der Waals surface area contributed by atoms with Gasteiger partial charge in [-0.1, -0.05) is 6.92 Å². The molecule has 1 saturated heterocycles. The summed E-state index contributed by atoms with van der Waals surface area (Å²) < 4.78 is 4.73. The molecule has 7 nitrogen and oxygen atoms in total. The SMILES string of the molecule is CCN(CC(C)C(=O)O)C(=O)N1CCCC(C(=O)OC)C1. The molecule has 2 amide bonds. The van der Waals surface area contributed by atoms with Crippen LogP contribution in [-0.2, 0) is 14.3 Å². The zero-order valence-corrected chi connectivity index (χ0v) is 12.9. The second-order valence-electron chi connectivity index (χ2n) is 5.37. The van der Waals surface area contributed by atoms with E-state index in [0.717, 1.165) is 6.42 Å². The Kier molecular flexibility index (Phi) is 6.45. The fraction of sp³-hybridized carbons (Fsp3) is 0.786. The lowest BCUT2D eigenvalue weighted by atomic mass is 9.98. The Morgan fingerprint density at radius 3 is 2.62 bits per heavy atom. The van der Waals surface area contributed by atoms with Crippen LogP contribution in [0.2, 0.25) is 0 Å². The van der Waals surface area contributed by atoms with E-state index in [4.69, 9.17) is 9.84 Å². The van der Waals surface area contributed by atoms with Crippen LogP contribution in [0.1, 0.15) is 26.7 Å². The van der Waals surface area contributed by atoms with Gasteiger partial charge in [0.05, 0.1) is 18.9 Å². The average molecular weight is 300 g/mol. The zero-order chi connectivity index (χ0) is 16.0. The van der Waals surface area contributed by atoms with Gasteiger partial charge < -0.3 is 19.6 Å². The molecule has 1 rings (SSSR count). The van der Waals surface area contributed by atoms with E-state index in [1.54, 1.807) is 11.8 Å². The topological polar surface area (TPSA) is 87.2 Å². The quantitative estimate of drug-likeness (QED) is 0.766. The summed E-state index contributed by atoms with van der Waals surface area (Å²) in [5.41, 5.74) is 0. The fourth-order valence-electron chi connectivity index (χ4n) is 2.46. The van der Waals surface area contributed by atoms with Crippen molar-refractivity contribution in [1.29, 1.82) is 0 Å². The highest BCUT2D eigenvalue weighted by Crippen LogP contribution is 2.19. The molecule has 0 aromatic carbocycles. The van der Waals surface area contributed by atoms with Crippen LogP contribution in [0, 0.1) is 11.8 Å². The molecule has 0 aliphatic carbocycles. The summed E-state index contributed by atoms with van der Waals surface area (Å²) in [5.74, 6) is -2.12. The third-order valence-electron chi connectivity index (χ3n) is 3.79. The normalized spacial score (nSPS) is 19.8. The number of hydrogen-bond acceptors (Lipinski definition) is 4. The van der Waals surface area contributed by atoms with Crippen molar-refractivity contribution in [2.24, 2.45) is 11.8 Å². The number of urea groups is 1. The Balaban J connectivity index is 2.66. The van der Waals surface area contributed by atoms with E-state index in [9.17, 15) is 14.4 Å². The molecule has 120 valence electrons. The summed E-state index contributed by atoms with van der Waals surface area (Å²) in [6.45, 7) is 4.92. The van der Waals surface area contributed by atoms with Crippen LogP contribution < -0.4 is 0 Å². The number of carboxylic acid groups (broad SMARTS) is 1. The van der Waals surface area contributed by atoms with Crippen LogP contribution in [0.3, 0.4) is 0 Å². The Labute approximate surface area is 124 Å². The van der Waals surface area contributed by atoms with Crippen molar-refractivity contribution in [3.8, 4) is 0 Å². The Bertz CT molecular complexity index is 399. The first-order valence-corrected chi connectivity index (χ1v) is 7.25. The van der Waals surface area contributed by atoms with Crippen molar-refractivity contribution in [1.82, 2.24) is 9.80 Å². The van der Waals surface area contributed by atoms with Gasteiger partial charge in [-0.25, -0.2) is 4.79 Å². The number of amides is 2. The number of ether oxygens (including phenoxy) is 1. The van der Waals surface area contributed by atoms with Gasteiger partial charge >= 0.3 is 18.0 Å². The molecule has 21 heavy (non-hydrogen) atoms. The minimum Gasteiger partial charge on any atom is -0.481 e. The number of methoxy groups -OCH3 is 1. The second-order valence-corrected chi connectivity index (χ2v) is 5.37. The molecule has 2 atom stereocenters. The van der Waals surface area contributed by atoms with Gasteiger partial charge in [-0.15, -0.1) is 0 Å². The molecule has 0 bridgehead atoms. The predicted molar refractivity (Wildman–Crippen MR) is 75.8 cm³/mol. The standard InChI is InChI=1S/C14H24N2O5/c1-4-15(8-10(2)12(17)18)14(20)16-7-5-6-11(9-16)13(19)21-3/h10-11H,4-9H2,1-3H3,(H,17,18). The van der Waals surface area contributed by atoms with Gasteiger partial charge in [-0.3, -0.25) is 9.59 Å². The van der Waals surface area contributed by atoms with Crippen LogP contribution in [0.5, 0.6) is 0 Å². The lowest BCUT2D eigenvalue weighted by Crippen LogP contribution is -2.50. The van der Waals surface area contributed by atoms with E-state index < -0.39 is 11.9 Å². The maximum atomic E-state index is 12.5. The monoisotopic (exact) mass is 300 g/mol. The molecule has 2 unspecified atom stereocenters. The van der Waals surface area contributed by atoms with E-state index in [-0.39, 0.29) is 24.5 Å². The number of piperidine rings is 1. The fourth-order valence-corrected chi connectivity index (χ4v) is 2.46. The minimum absolute atomic E-state index is 0.171. The van der Waals surface area contributed by atoms with Gasteiger partial charge in [0.15, 0.2) is 0 Å². The molecule has 1 N–H and O–H groups in total. The van der Waals surface area contributed by atoms with Crippen LogP contribution in [0.4, 0.5) is 4.79 Å². The van der Waals surface area contributed by atoms with E-state index >= 15 is 0 Å². The van der Waals surface area contributed by atoms with Crippen molar-refractivity contribution >= 4 is 18.0 Å². The third kappa shape index (κ3) is 4.61. The van der Waals surface area contributed by atoms with Crippen molar-refractivity contribution in [3.63, 3.8) is 0 Å². The molecular weight excluding hydrogens is 276 g/mol. The molecule has 1 heterocycles. The van der Waals surface area contributed by atoms with E-state index in [1.165, 1.54) is 12.0 Å². The molecule has 0 radical (unpaired) electrons. The third-order valence-corrected chi connectivity index (χ3v) is 3.79. The molecule has 0 aromatic rings. The van der Waals surface area contributed by atoms with Gasteiger partial charge in [0.2, 0.25) is 0 Å². The molecule has 0 saturated carbocycles. The van der Waals surface area contributed by atoms with Gasteiger partial charge in [0.25, 0.3) is 0 Å². The zero-order valence-electron chi connectivity index (χ0n) is 12.9. The highest BCUT2D eigenvalue weighted by atomic mass is 16.5. The number of carbonyl (C=O) groups is 3. The number of aliphatic carboxylic acids is 1. The summed E-state index contributed by atoms with van der Waals surface area (Å²) in [6, 6.07) is -0.209. The number of rotatable bonds is 5. The Hall–Kier alpha value is -1.79. The first kappa shape index (κ1) is 17.3. The van der Waals surface area contributed by atoms with Gasteiger partial charge in [-0.2, -0.15) is 0 Å². The summed E-state index contributed by atoms with van der Waals surface area (Å²) in [7, 11) is 1.34. The molecule has 0 spiro atoms. The van der Waals surface area contributed by atoms with E-state index in [2.05, 4.69) is 0 Å². The van der Waals surface area contributed by atoms with Gasteiger partial charge in [0, 0.05) is 26.2 Å². The smallest absolute Gasteiger partial charge is 0.320 e. The maximum absolute atomic E-state index is 12.5. The maximum Gasteiger partial charge on any atom is 0.320 e. The van der Waals surface area contributed by atoms with Crippen LogP contribution in [0.15, 0.2) is 0 Å². The van der Waals surface area contributed by atoms with Crippen LogP contribution in [0.25, 0.3) is 0 Å². The molecule has 1 aliphatic rings. The first-order chi connectivity index (χ1) is 9.90. The number of likely N-dealkylation sites (tertiary alicyclic amines) is 1. The lowest BCUT2D eigenvalue weighted by molar-refractivity contribution is -0.146. The summed E-state index contributed by atoms with van der Waals surface area (Å²) in [6.07, 6.45) is 1.46. The number of hydrogen-bond donors (Lipinski definition) is 1. The van der Waals surface area contributed by atoms with Crippen molar-refractivity contribution in [2.75, 3.05) is 33.3 Å². The second kappa shape index (κ2) is 7.85. The summed E-state index contributed by atoms with van der Waals surface area (Å²) in [5, 5.41) is 8.95. The Morgan fingerprint density at radius 2 is 2.10 bits per heavy atom.